The molecule has 1 aliphatic rings. The van der Waals surface area contributed by atoms with Crippen LogP contribution in [-0.4, -0.2) is 30.8 Å². The summed E-state index contributed by atoms with van der Waals surface area (Å²) in [5, 5.41) is 5.76. The molecule has 1 saturated heterocycles. The average molecular weight is 200 g/mol. The highest BCUT2D eigenvalue weighted by Crippen LogP contribution is 2.17. The third-order valence-corrected chi connectivity index (χ3v) is 2.27. The molecule has 14 heavy (non-hydrogen) atoms. The number of hydrogen-bond acceptors (Lipinski definition) is 2. The average Bonchev–Trinajstić information content (AvgIpc) is 2.02. The number of ether oxygens (including phenoxy) is 1. The highest BCUT2D eigenvalue weighted by atomic mass is 16.5. The number of nitrogens with one attached hydrogen (secondary N) is 2. The molecule has 0 bridgehead atoms. The molecule has 2 amide bonds. The molecule has 1 fully saturated rings. The summed E-state index contributed by atoms with van der Waals surface area (Å²) in [5.74, 6) is 0. The SMILES string of the molecule is CC(C)NC(=O)NC1(C)CCCOC1. The second-order valence-corrected chi connectivity index (χ2v) is 4.47. The van der Waals surface area contributed by atoms with Gasteiger partial charge < -0.3 is 15.4 Å². The highest BCUT2D eigenvalue weighted by molar-refractivity contribution is 5.75. The van der Waals surface area contributed by atoms with E-state index in [-0.39, 0.29) is 17.6 Å². The van der Waals surface area contributed by atoms with E-state index in [1.165, 1.54) is 0 Å². The summed E-state index contributed by atoms with van der Waals surface area (Å²) in [6.07, 6.45) is 2.00. The lowest BCUT2D eigenvalue weighted by Crippen LogP contribution is -2.55. The molecule has 0 spiro atoms. The van der Waals surface area contributed by atoms with Gasteiger partial charge in [-0.3, -0.25) is 0 Å². The van der Waals surface area contributed by atoms with Gasteiger partial charge in [0.05, 0.1) is 12.1 Å². The number of amides is 2. The van der Waals surface area contributed by atoms with Crippen LogP contribution in [0.5, 0.6) is 0 Å². The van der Waals surface area contributed by atoms with Crippen LogP contribution in [0, 0.1) is 0 Å². The summed E-state index contributed by atoms with van der Waals surface area (Å²) >= 11 is 0. The molecule has 0 radical (unpaired) electrons. The molecule has 0 saturated carbocycles. The van der Waals surface area contributed by atoms with Crippen molar-refractivity contribution >= 4 is 6.03 Å². The molecule has 1 heterocycles. The summed E-state index contributed by atoms with van der Waals surface area (Å²) in [6, 6.07) is 0.0658. The van der Waals surface area contributed by atoms with E-state index >= 15 is 0 Å². The largest absolute Gasteiger partial charge is 0.379 e. The predicted molar refractivity (Wildman–Crippen MR) is 55.3 cm³/mol. The predicted octanol–water partition coefficient (Wildman–Crippen LogP) is 1.26. The Kier molecular flexibility index (Phi) is 3.75. The molecule has 2 N–H and O–H groups in total. The van der Waals surface area contributed by atoms with Gasteiger partial charge in [-0.1, -0.05) is 0 Å². The minimum Gasteiger partial charge on any atom is -0.379 e. The normalized spacial score (nSPS) is 27.4. The number of hydrogen-bond donors (Lipinski definition) is 2. The van der Waals surface area contributed by atoms with E-state index in [0.717, 1.165) is 19.4 Å². The summed E-state index contributed by atoms with van der Waals surface area (Å²) in [7, 11) is 0. The number of carbonyl (C=O) groups is 1. The minimum atomic E-state index is -0.197. The second-order valence-electron chi connectivity index (χ2n) is 4.47. The van der Waals surface area contributed by atoms with Crippen molar-refractivity contribution in [2.75, 3.05) is 13.2 Å². The van der Waals surface area contributed by atoms with E-state index in [1.807, 2.05) is 20.8 Å². The Morgan fingerprint density at radius 1 is 1.50 bits per heavy atom. The first-order valence-corrected chi connectivity index (χ1v) is 5.18. The molecule has 4 nitrogen and oxygen atoms in total. The fraction of sp³-hybridized carbons (Fsp3) is 0.900. The number of rotatable bonds is 2. The van der Waals surface area contributed by atoms with Gasteiger partial charge in [-0.25, -0.2) is 4.79 Å². The quantitative estimate of drug-likeness (QED) is 0.705. The maximum atomic E-state index is 11.4. The van der Waals surface area contributed by atoms with Gasteiger partial charge in [-0.15, -0.1) is 0 Å². The lowest BCUT2D eigenvalue weighted by molar-refractivity contribution is 0.0332. The lowest BCUT2D eigenvalue weighted by atomic mass is 9.95. The van der Waals surface area contributed by atoms with Crippen molar-refractivity contribution in [2.24, 2.45) is 0 Å². The highest BCUT2D eigenvalue weighted by Gasteiger charge is 2.29. The van der Waals surface area contributed by atoms with Crippen molar-refractivity contribution < 1.29 is 9.53 Å². The van der Waals surface area contributed by atoms with Gasteiger partial charge in [0.2, 0.25) is 0 Å². The van der Waals surface area contributed by atoms with Crippen molar-refractivity contribution in [3.63, 3.8) is 0 Å². The van der Waals surface area contributed by atoms with Crippen LogP contribution in [-0.2, 0) is 4.74 Å². The summed E-state index contributed by atoms with van der Waals surface area (Å²) in [4.78, 5) is 11.4. The number of carbonyl (C=O) groups excluding carboxylic acids is 1. The Balaban J connectivity index is 2.37. The van der Waals surface area contributed by atoms with Crippen LogP contribution < -0.4 is 10.6 Å². The van der Waals surface area contributed by atoms with Crippen molar-refractivity contribution in [1.82, 2.24) is 10.6 Å². The van der Waals surface area contributed by atoms with Gasteiger partial charge in [0.15, 0.2) is 0 Å². The summed E-state index contributed by atoms with van der Waals surface area (Å²) < 4.78 is 5.35. The molecule has 82 valence electrons. The molecular weight excluding hydrogens is 180 g/mol. The molecule has 0 aromatic carbocycles. The van der Waals surface area contributed by atoms with Gasteiger partial charge in [0, 0.05) is 12.6 Å². The van der Waals surface area contributed by atoms with E-state index in [1.54, 1.807) is 0 Å². The first kappa shape index (κ1) is 11.3. The lowest BCUT2D eigenvalue weighted by Gasteiger charge is -2.34. The molecule has 1 unspecified atom stereocenters. The van der Waals surface area contributed by atoms with Crippen LogP contribution in [0.4, 0.5) is 4.79 Å². The van der Waals surface area contributed by atoms with E-state index in [9.17, 15) is 4.79 Å². The molecular formula is C10H20N2O2. The van der Waals surface area contributed by atoms with E-state index in [0.29, 0.717) is 6.61 Å². The molecule has 1 aliphatic heterocycles. The first-order valence-electron chi connectivity index (χ1n) is 5.18. The Morgan fingerprint density at radius 3 is 2.71 bits per heavy atom. The van der Waals surface area contributed by atoms with E-state index in [2.05, 4.69) is 10.6 Å². The molecule has 1 atom stereocenters. The van der Waals surface area contributed by atoms with Crippen molar-refractivity contribution in [2.45, 2.75) is 45.2 Å². The van der Waals surface area contributed by atoms with Crippen LogP contribution >= 0.6 is 0 Å². The van der Waals surface area contributed by atoms with Crippen LogP contribution in [0.25, 0.3) is 0 Å². The molecule has 1 rings (SSSR count). The van der Waals surface area contributed by atoms with Crippen LogP contribution in [0.2, 0.25) is 0 Å². The Morgan fingerprint density at radius 2 is 2.21 bits per heavy atom. The zero-order valence-electron chi connectivity index (χ0n) is 9.22. The third-order valence-electron chi connectivity index (χ3n) is 2.27. The smallest absolute Gasteiger partial charge is 0.315 e. The third kappa shape index (κ3) is 3.54. The monoisotopic (exact) mass is 200 g/mol. The Hall–Kier alpha value is -0.770. The van der Waals surface area contributed by atoms with Crippen molar-refractivity contribution in [3.8, 4) is 0 Å². The Labute approximate surface area is 85.4 Å². The minimum absolute atomic E-state index is 0.104. The van der Waals surface area contributed by atoms with Gasteiger partial charge in [-0.2, -0.15) is 0 Å². The van der Waals surface area contributed by atoms with Crippen LogP contribution in [0.3, 0.4) is 0 Å². The van der Waals surface area contributed by atoms with Crippen molar-refractivity contribution in [1.29, 1.82) is 0 Å². The summed E-state index contributed by atoms with van der Waals surface area (Å²) in [5.41, 5.74) is -0.197. The topological polar surface area (TPSA) is 50.4 Å². The van der Waals surface area contributed by atoms with Gasteiger partial charge in [-0.05, 0) is 33.6 Å². The maximum Gasteiger partial charge on any atom is 0.315 e. The van der Waals surface area contributed by atoms with Crippen LogP contribution in [0.15, 0.2) is 0 Å². The maximum absolute atomic E-state index is 11.4. The van der Waals surface area contributed by atoms with Gasteiger partial charge in [0.25, 0.3) is 0 Å². The zero-order valence-corrected chi connectivity index (χ0v) is 9.22. The van der Waals surface area contributed by atoms with E-state index in [4.69, 9.17) is 4.74 Å². The fourth-order valence-corrected chi connectivity index (χ4v) is 1.60. The molecule has 4 heteroatoms. The standard InChI is InChI=1S/C10H20N2O2/c1-8(2)11-9(13)12-10(3)5-4-6-14-7-10/h8H,4-7H2,1-3H3,(H2,11,12,13). The van der Waals surface area contributed by atoms with Gasteiger partial charge >= 0.3 is 6.03 Å². The second kappa shape index (κ2) is 4.64. The van der Waals surface area contributed by atoms with Crippen molar-refractivity contribution in [3.05, 3.63) is 0 Å². The number of urea groups is 1. The Bertz CT molecular complexity index is 198. The van der Waals surface area contributed by atoms with Crippen LogP contribution in [0.1, 0.15) is 33.6 Å². The first-order chi connectivity index (χ1) is 6.52. The molecule has 0 aliphatic carbocycles. The fourth-order valence-electron chi connectivity index (χ4n) is 1.60. The zero-order chi connectivity index (χ0) is 10.6. The molecule has 0 aromatic rings. The molecule has 0 aromatic heterocycles. The van der Waals surface area contributed by atoms with Gasteiger partial charge in [0.1, 0.15) is 0 Å². The summed E-state index contributed by atoms with van der Waals surface area (Å²) in [6.45, 7) is 7.33. The van der Waals surface area contributed by atoms with E-state index < -0.39 is 0 Å².